The van der Waals surface area contributed by atoms with Crippen molar-refractivity contribution in [3.63, 3.8) is 0 Å². The summed E-state index contributed by atoms with van der Waals surface area (Å²) in [6.07, 6.45) is -0.362. The summed E-state index contributed by atoms with van der Waals surface area (Å²) in [5.74, 6) is 0. The van der Waals surface area contributed by atoms with Gasteiger partial charge in [-0.25, -0.2) is 8.42 Å². The molecule has 5 heteroatoms. The third-order valence-electron chi connectivity index (χ3n) is 2.34. The third kappa shape index (κ3) is 3.30. The van der Waals surface area contributed by atoms with Crippen molar-refractivity contribution < 1.29 is 13.5 Å². The van der Waals surface area contributed by atoms with Gasteiger partial charge in [-0.3, -0.25) is 0 Å². The summed E-state index contributed by atoms with van der Waals surface area (Å²) in [6, 6.07) is 6.53. The van der Waals surface area contributed by atoms with Gasteiger partial charge in [0.1, 0.15) is 0 Å². The molecule has 0 aliphatic rings. The van der Waals surface area contributed by atoms with Crippen LogP contribution in [-0.4, -0.2) is 24.9 Å². The van der Waals surface area contributed by atoms with Crippen LogP contribution in [0.3, 0.4) is 0 Å². The molecule has 3 nitrogen and oxygen atoms in total. The first-order chi connectivity index (χ1) is 7.34. The van der Waals surface area contributed by atoms with Crippen molar-refractivity contribution in [2.24, 2.45) is 0 Å². The molecule has 2 atom stereocenters. The van der Waals surface area contributed by atoms with E-state index in [-0.39, 0.29) is 6.42 Å². The number of hydrogen-bond donors (Lipinski definition) is 1. The van der Waals surface area contributed by atoms with Crippen LogP contribution in [0.15, 0.2) is 33.6 Å². The first-order valence-corrected chi connectivity index (χ1v) is 7.35. The molecular weight excluding hydrogens is 292 g/mol. The van der Waals surface area contributed by atoms with Crippen molar-refractivity contribution in [3.8, 4) is 0 Å². The highest BCUT2D eigenvalue weighted by atomic mass is 79.9. The molecule has 0 bridgehead atoms. The van der Waals surface area contributed by atoms with Gasteiger partial charge in [-0.05, 0) is 44.5 Å². The minimum Gasteiger partial charge on any atom is -0.393 e. The molecule has 0 spiro atoms. The molecule has 0 aliphatic carbocycles. The predicted octanol–water partition coefficient (Wildman–Crippen LogP) is 2.38. The topological polar surface area (TPSA) is 54.4 Å². The van der Waals surface area contributed by atoms with Crippen molar-refractivity contribution in [1.82, 2.24) is 0 Å². The minimum absolute atomic E-state index is 0.248. The highest BCUT2D eigenvalue weighted by molar-refractivity contribution is 9.10. The number of halogens is 1. The molecule has 1 rings (SSSR count). The Morgan fingerprint density at radius 3 is 2.19 bits per heavy atom. The van der Waals surface area contributed by atoms with Gasteiger partial charge in [0.05, 0.1) is 16.2 Å². The van der Waals surface area contributed by atoms with E-state index >= 15 is 0 Å². The largest absolute Gasteiger partial charge is 0.393 e. The molecule has 2 unspecified atom stereocenters. The number of hydrogen-bond acceptors (Lipinski definition) is 3. The van der Waals surface area contributed by atoms with Crippen LogP contribution in [0.1, 0.15) is 20.3 Å². The molecule has 0 saturated heterocycles. The maximum absolute atomic E-state index is 12.1. The van der Waals surface area contributed by atoms with Crippen LogP contribution in [0.25, 0.3) is 0 Å². The second kappa shape index (κ2) is 5.29. The van der Waals surface area contributed by atoms with E-state index in [2.05, 4.69) is 15.9 Å². The fourth-order valence-corrected chi connectivity index (χ4v) is 3.24. The molecule has 0 aromatic heterocycles. The third-order valence-corrected chi connectivity index (χ3v) is 5.05. The Morgan fingerprint density at radius 2 is 1.75 bits per heavy atom. The predicted molar refractivity (Wildman–Crippen MR) is 67.1 cm³/mol. The molecule has 0 amide bonds. The summed E-state index contributed by atoms with van der Waals surface area (Å²) in [5.41, 5.74) is 0. The van der Waals surface area contributed by atoms with Gasteiger partial charge < -0.3 is 5.11 Å². The highest BCUT2D eigenvalue weighted by Crippen LogP contribution is 2.21. The van der Waals surface area contributed by atoms with Gasteiger partial charge in [-0.1, -0.05) is 15.9 Å². The van der Waals surface area contributed by atoms with Gasteiger partial charge in [0.25, 0.3) is 0 Å². The Morgan fingerprint density at radius 1 is 1.25 bits per heavy atom. The summed E-state index contributed by atoms with van der Waals surface area (Å²) >= 11 is 3.25. The number of aliphatic hydroxyl groups is 1. The summed E-state index contributed by atoms with van der Waals surface area (Å²) in [6.45, 7) is 3.21. The Kier molecular flexibility index (Phi) is 4.52. The summed E-state index contributed by atoms with van der Waals surface area (Å²) in [5, 5.41) is 8.63. The van der Waals surface area contributed by atoms with E-state index < -0.39 is 21.2 Å². The molecular formula is C11H15BrO3S. The van der Waals surface area contributed by atoms with Gasteiger partial charge in [0.2, 0.25) is 0 Å². The van der Waals surface area contributed by atoms with E-state index in [1.54, 1.807) is 38.1 Å². The normalized spacial score (nSPS) is 15.8. The van der Waals surface area contributed by atoms with E-state index in [1.165, 1.54) is 0 Å². The molecule has 1 N–H and O–H groups in total. The maximum Gasteiger partial charge on any atom is 0.181 e. The average Bonchev–Trinajstić information content (AvgIpc) is 2.17. The van der Waals surface area contributed by atoms with Gasteiger partial charge in [-0.2, -0.15) is 0 Å². The number of rotatable bonds is 4. The van der Waals surface area contributed by atoms with Gasteiger partial charge in [-0.15, -0.1) is 0 Å². The SMILES string of the molecule is CC(O)CC(C)S(=O)(=O)c1ccc(Br)cc1. The van der Waals surface area contributed by atoms with E-state index in [4.69, 9.17) is 0 Å². The Bertz CT molecular complexity index is 437. The summed E-state index contributed by atoms with van der Waals surface area (Å²) < 4.78 is 24.9. The van der Waals surface area contributed by atoms with E-state index in [0.29, 0.717) is 4.90 Å². The number of benzene rings is 1. The van der Waals surface area contributed by atoms with Crippen molar-refractivity contribution in [2.75, 3.05) is 0 Å². The lowest BCUT2D eigenvalue weighted by Gasteiger charge is -2.14. The molecule has 0 fully saturated rings. The van der Waals surface area contributed by atoms with Gasteiger partial charge in [0, 0.05) is 4.47 Å². The van der Waals surface area contributed by atoms with Crippen molar-refractivity contribution in [2.45, 2.75) is 36.5 Å². The van der Waals surface area contributed by atoms with E-state index in [1.807, 2.05) is 0 Å². The molecule has 90 valence electrons. The lowest BCUT2D eigenvalue weighted by atomic mass is 10.2. The molecule has 1 aromatic rings. The summed E-state index contributed by atoms with van der Waals surface area (Å²) in [4.78, 5) is 0.295. The first kappa shape index (κ1) is 13.7. The van der Waals surface area contributed by atoms with Crippen LogP contribution in [0.5, 0.6) is 0 Å². The fourth-order valence-electron chi connectivity index (χ4n) is 1.46. The zero-order valence-corrected chi connectivity index (χ0v) is 11.6. The van der Waals surface area contributed by atoms with Crippen LogP contribution in [0, 0.1) is 0 Å². The molecule has 0 heterocycles. The Hall–Kier alpha value is -0.390. The average molecular weight is 307 g/mol. The van der Waals surface area contributed by atoms with Crippen molar-refractivity contribution in [3.05, 3.63) is 28.7 Å². The molecule has 16 heavy (non-hydrogen) atoms. The highest BCUT2D eigenvalue weighted by Gasteiger charge is 2.24. The maximum atomic E-state index is 12.1. The lowest BCUT2D eigenvalue weighted by Crippen LogP contribution is -2.22. The monoisotopic (exact) mass is 306 g/mol. The van der Waals surface area contributed by atoms with Crippen LogP contribution >= 0.6 is 15.9 Å². The van der Waals surface area contributed by atoms with Crippen LogP contribution in [0.2, 0.25) is 0 Å². The fraction of sp³-hybridized carbons (Fsp3) is 0.455. The zero-order valence-electron chi connectivity index (χ0n) is 9.22. The molecule has 0 aliphatic heterocycles. The number of aliphatic hydroxyl groups excluding tert-OH is 1. The second-order valence-electron chi connectivity index (χ2n) is 3.89. The van der Waals surface area contributed by atoms with E-state index in [0.717, 1.165) is 4.47 Å². The standard InChI is InChI=1S/C11H15BrO3S/c1-8(13)7-9(2)16(14,15)11-5-3-10(12)4-6-11/h3-6,8-9,13H,7H2,1-2H3. The van der Waals surface area contributed by atoms with Crippen LogP contribution < -0.4 is 0 Å². The Labute approximate surface area is 105 Å². The molecule has 0 radical (unpaired) electrons. The van der Waals surface area contributed by atoms with Crippen LogP contribution in [0.4, 0.5) is 0 Å². The van der Waals surface area contributed by atoms with Crippen molar-refractivity contribution >= 4 is 25.8 Å². The first-order valence-electron chi connectivity index (χ1n) is 5.01. The minimum atomic E-state index is -3.33. The zero-order chi connectivity index (χ0) is 12.3. The molecule has 0 saturated carbocycles. The summed E-state index contributed by atoms with van der Waals surface area (Å²) in [7, 11) is -3.33. The lowest BCUT2D eigenvalue weighted by molar-refractivity contribution is 0.184. The van der Waals surface area contributed by atoms with Crippen molar-refractivity contribution in [1.29, 1.82) is 0 Å². The quantitative estimate of drug-likeness (QED) is 0.929. The van der Waals surface area contributed by atoms with Gasteiger partial charge in [0.15, 0.2) is 9.84 Å². The smallest absolute Gasteiger partial charge is 0.181 e. The Balaban J connectivity index is 2.97. The number of sulfone groups is 1. The molecule has 1 aromatic carbocycles. The second-order valence-corrected chi connectivity index (χ2v) is 7.18. The van der Waals surface area contributed by atoms with Gasteiger partial charge >= 0.3 is 0 Å². The van der Waals surface area contributed by atoms with E-state index in [9.17, 15) is 13.5 Å². The van der Waals surface area contributed by atoms with Crippen LogP contribution in [-0.2, 0) is 9.84 Å².